The highest BCUT2D eigenvalue weighted by molar-refractivity contribution is 5.95. The molecule has 86 valence electrons. The average Bonchev–Trinajstić information content (AvgIpc) is 2.16. The van der Waals surface area contributed by atoms with Gasteiger partial charge in [-0.05, 0) is 31.5 Å². The molecule has 0 aromatic heterocycles. The maximum absolute atomic E-state index is 11.3. The van der Waals surface area contributed by atoms with Crippen LogP contribution in [0.15, 0.2) is 24.3 Å². The van der Waals surface area contributed by atoms with Crippen LogP contribution in [0.1, 0.15) is 12.5 Å². The van der Waals surface area contributed by atoms with Crippen molar-refractivity contribution in [3.63, 3.8) is 0 Å². The number of rotatable bonds is 3. The molecular weight excluding hydrogens is 208 g/mol. The summed E-state index contributed by atoms with van der Waals surface area (Å²) in [6.45, 7) is 3.46. The van der Waals surface area contributed by atoms with Crippen LogP contribution in [0, 0.1) is 6.92 Å². The first-order chi connectivity index (χ1) is 7.49. The lowest BCUT2D eigenvalue weighted by Gasteiger charge is -2.13. The molecule has 0 aliphatic heterocycles. The number of aryl methyl sites for hydroxylation is 1. The smallest absolute Gasteiger partial charge is 0.318 e. The first kappa shape index (κ1) is 12.0. The minimum Gasteiger partial charge on any atom is -0.481 e. The summed E-state index contributed by atoms with van der Waals surface area (Å²) in [5.41, 5.74) is 5.85. The zero-order valence-electron chi connectivity index (χ0n) is 9.19. The standard InChI is InChI=1S/C11H14N2O3/c1-7-4-3-5-9(6-7)16-8(2)10(14)13-11(12)15/h3-6,8H,1-2H3,(H3,12,13,14,15)/t8-/m1/s1. The fraction of sp³-hybridized carbons (Fsp3) is 0.273. The van der Waals surface area contributed by atoms with Crippen LogP contribution < -0.4 is 15.8 Å². The van der Waals surface area contributed by atoms with Gasteiger partial charge in [-0.15, -0.1) is 0 Å². The lowest BCUT2D eigenvalue weighted by atomic mass is 10.2. The second kappa shape index (κ2) is 5.16. The van der Waals surface area contributed by atoms with E-state index >= 15 is 0 Å². The number of ether oxygens (including phenoxy) is 1. The zero-order chi connectivity index (χ0) is 12.1. The molecule has 0 spiro atoms. The van der Waals surface area contributed by atoms with Gasteiger partial charge in [0.2, 0.25) is 0 Å². The zero-order valence-corrected chi connectivity index (χ0v) is 9.19. The number of carbonyl (C=O) groups is 2. The van der Waals surface area contributed by atoms with Crippen molar-refractivity contribution in [3.8, 4) is 5.75 Å². The maximum Gasteiger partial charge on any atom is 0.318 e. The number of amides is 3. The Labute approximate surface area is 93.6 Å². The second-order valence-electron chi connectivity index (χ2n) is 3.43. The predicted octanol–water partition coefficient (Wildman–Crippen LogP) is 0.957. The van der Waals surface area contributed by atoms with Gasteiger partial charge in [0, 0.05) is 0 Å². The Morgan fingerprint density at radius 1 is 1.44 bits per heavy atom. The van der Waals surface area contributed by atoms with Crippen LogP contribution in [-0.4, -0.2) is 18.0 Å². The van der Waals surface area contributed by atoms with Gasteiger partial charge >= 0.3 is 6.03 Å². The highest BCUT2D eigenvalue weighted by Crippen LogP contribution is 2.13. The average molecular weight is 222 g/mol. The van der Waals surface area contributed by atoms with Crippen LogP contribution in [0.4, 0.5) is 4.79 Å². The van der Waals surface area contributed by atoms with Crippen LogP contribution in [0.3, 0.4) is 0 Å². The SMILES string of the molecule is Cc1cccc(O[C@H](C)C(=O)NC(N)=O)c1. The quantitative estimate of drug-likeness (QED) is 0.799. The molecule has 0 aliphatic carbocycles. The number of primary amides is 1. The van der Waals surface area contributed by atoms with Crippen LogP contribution in [0.25, 0.3) is 0 Å². The summed E-state index contributed by atoms with van der Waals surface area (Å²) < 4.78 is 5.34. The Balaban J connectivity index is 2.60. The summed E-state index contributed by atoms with van der Waals surface area (Å²) in [4.78, 5) is 21.8. The molecule has 0 unspecified atom stereocenters. The van der Waals surface area contributed by atoms with Gasteiger partial charge < -0.3 is 10.5 Å². The van der Waals surface area contributed by atoms with Crippen molar-refractivity contribution in [1.29, 1.82) is 0 Å². The minimum atomic E-state index is -0.885. The summed E-state index contributed by atoms with van der Waals surface area (Å²) in [6.07, 6.45) is -0.769. The fourth-order valence-corrected chi connectivity index (χ4v) is 1.17. The lowest BCUT2D eigenvalue weighted by molar-refractivity contribution is -0.126. The molecule has 1 aromatic carbocycles. The third kappa shape index (κ3) is 3.61. The van der Waals surface area contributed by atoms with E-state index in [0.717, 1.165) is 5.56 Å². The van der Waals surface area contributed by atoms with E-state index in [0.29, 0.717) is 5.75 Å². The molecule has 1 rings (SSSR count). The number of hydrogen-bond donors (Lipinski definition) is 2. The molecule has 5 nitrogen and oxygen atoms in total. The van der Waals surface area contributed by atoms with Crippen molar-refractivity contribution in [2.75, 3.05) is 0 Å². The van der Waals surface area contributed by atoms with E-state index < -0.39 is 18.0 Å². The number of carbonyl (C=O) groups excluding carboxylic acids is 2. The number of imide groups is 1. The summed E-state index contributed by atoms with van der Waals surface area (Å²) in [5.74, 6) is 0.0149. The molecule has 5 heteroatoms. The molecule has 0 bridgehead atoms. The molecule has 3 N–H and O–H groups in total. The second-order valence-corrected chi connectivity index (χ2v) is 3.43. The Hall–Kier alpha value is -2.04. The normalized spacial score (nSPS) is 11.6. The predicted molar refractivity (Wildman–Crippen MR) is 59.0 cm³/mol. The van der Waals surface area contributed by atoms with Crippen molar-refractivity contribution < 1.29 is 14.3 Å². The molecule has 0 aliphatic rings. The Morgan fingerprint density at radius 2 is 2.12 bits per heavy atom. The van der Waals surface area contributed by atoms with Gasteiger partial charge in [-0.2, -0.15) is 0 Å². The molecule has 0 saturated carbocycles. The number of benzene rings is 1. The van der Waals surface area contributed by atoms with Crippen LogP contribution in [-0.2, 0) is 4.79 Å². The molecule has 0 heterocycles. The van der Waals surface area contributed by atoms with E-state index in [1.165, 1.54) is 0 Å². The molecule has 0 fully saturated rings. The molecular formula is C11H14N2O3. The van der Waals surface area contributed by atoms with Crippen LogP contribution in [0.2, 0.25) is 0 Å². The highest BCUT2D eigenvalue weighted by atomic mass is 16.5. The summed E-state index contributed by atoms with van der Waals surface area (Å²) in [7, 11) is 0. The van der Waals surface area contributed by atoms with E-state index in [1.54, 1.807) is 19.1 Å². The molecule has 3 amide bonds. The maximum atomic E-state index is 11.3. The first-order valence-electron chi connectivity index (χ1n) is 4.82. The van der Waals surface area contributed by atoms with Gasteiger partial charge in [-0.1, -0.05) is 12.1 Å². The van der Waals surface area contributed by atoms with Gasteiger partial charge in [0.05, 0.1) is 0 Å². The van der Waals surface area contributed by atoms with Gasteiger partial charge in [0.15, 0.2) is 6.10 Å². The van der Waals surface area contributed by atoms with Gasteiger partial charge in [-0.3, -0.25) is 10.1 Å². The minimum absolute atomic E-state index is 0.561. The van der Waals surface area contributed by atoms with Crippen molar-refractivity contribution in [1.82, 2.24) is 5.32 Å². The summed E-state index contributed by atoms with van der Waals surface area (Å²) >= 11 is 0. The Morgan fingerprint density at radius 3 is 2.69 bits per heavy atom. The van der Waals surface area contributed by atoms with Crippen molar-refractivity contribution in [2.45, 2.75) is 20.0 Å². The van der Waals surface area contributed by atoms with E-state index in [4.69, 9.17) is 10.5 Å². The van der Waals surface area contributed by atoms with E-state index in [2.05, 4.69) is 0 Å². The number of nitrogens with one attached hydrogen (secondary N) is 1. The monoisotopic (exact) mass is 222 g/mol. The van der Waals surface area contributed by atoms with Crippen molar-refractivity contribution in [3.05, 3.63) is 29.8 Å². The molecule has 16 heavy (non-hydrogen) atoms. The van der Waals surface area contributed by atoms with Gasteiger partial charge in [0.25, 0.3) is 5.91 Å². The first-order valence-corrected chi connectivity index (χ1v) is 4.82. The van der Waals surface area contributed by atoms with Crippen LogP contribution in [0.5, 0.6) is 5.75 Å². The summed E-state index contributed by atoms with van der Waals surface area (Å²) in [6, 6.07) is 6.39. The number of hydrogen-bond acceptors (Lipinski definition) is 3. The molecule has 1 atom stereocenters. The highest BCUT2D eigenvalue weighted by Gasteiger charge is 2.15. The topological polar surface area (TPSA) is 81.4 Å². The van der Waals surface area contributed by atoms with Gasteiger partial charge in [-0.25, -0.2) is 4.79 Å². The number of nitrogens with two attached hydrogens (primary N) is 1. The van der Waals surface area contributed by atoms with E-state index in [-0.39, 0.29) is 0 Å². The number of urea groups is 1. The van der Waals surface area contributed by atoms with Crippen LogP contribution >= 0.6 is 0 Å². The van der Waals surface area contributed by atoms with Crippen molar-refractivity contribution in [2.24, 2.45) is 5.73 Å². The van der Waals surface area contributed by atoms with Gasteiger partial charge in [0.1, 0.15) is 5.75 Å². The summed E-state index contributed by atoms with van der Waals surface area (Å²) in [5, 5.41) is 1.95. The largest absolute Gasteiger partial charge is 0.481 e. The lowest BCUT2D eigenvalue weighted by Crippen LogP contribution is -2.42. The van der Waals surface area contributed by atoms with E-state index in [1.807, 2.05) is 24.4 Å². The molecule has 1 aromatic rings. The third-order valence-corrected chi connectivity index (χ3v) is 1.92. The van der Waals surface area contributed by atoms with E-state index in [9.17, 15) is 9.59 Å². The van der Waals surface area contributed by atoms with Crippen molar-refractivity contribution >= 4 is 11.9 Å². The molecule has 0 radical (unpaired) electrons. The fourth-order valence-electron chi connectivity index (χ4n) is 1.17. The third-order valence-electron chi connectivity index (χ3n) is 1.92. The Bertz CT molecular complexity index is 404. The Kier molecular flexibility index (Phi) is 3.88. The molecule has 0 saturated heterocycles.